The van der Waals surface area contributed by atoms with Crippen molar-refractivity contribution in [3.8, 4) is 5.75 Å². The minimum Gasteiger partial charge on any atom is -0.484 e. The largest absolute Gasteiger partial charge is 0.484 e. The molecule has 156 valence electrons. The van der Waals surface area contributed by atoms with Crippen molar-refractivity contribution in [3.63, 3.8) is 0 Å². The number of hydrogen-bond acceptors (Lipinski definition) is 4. The maximum atomic E-state index is 12.5. The summed E-state index contributed by atoms with van der Waals surface area (Å²) in [6.45, 7) is 1.92. The Morgan fingerprint density at radius 1 is 1.00 bits per heavy atom. The minimum atomic E-state index is -3.54. The number of rotatable bonds is 8. The Labute approximate surface area is 172 Å². The highest BCUT2D eigenvalue weighted by Gasteiger charge is 2.21. The Kier molecular flexibility index (Phi) is 7.28. The monoisotopic (exact) mass is 416 g/mol. The molecule has 0 radical (unpaired) electrons. The van der Waals surface area contributed by atoms with E-state index < -0.39 is 10.0 Å². The molecule has 0 unspecified atom stereocenters. The molecule has 1 fully saturated rings. The topological polar surface area (TPSA) is 84.5 Å². The van der Waals surface area contributed by atoms with Crippen LogP contribution >= 0.6 is 0 Å². The number of nitrogens with one attached hydrogen (secondary N) is 2. The Morgan fingerprint density at radius 2 is 1.66 bits per heavy atom. The highest BCUT2D eigenvalue weighted by atomic mass is 32.2. The van der Waals surface area contributed by atoms with Crippen LogP contribution in [0.1, 0.15) is 44.6 Å². The van der Waals surface area contributed by atoms with E-state index in [1.54, 1.807) is 12.1 Å². The van der Waals surface area contributed by atoms with Gasteiger partial charge in [-0.25, -0.2) is 13.1 Å². The smallest absolute Gasteiger partial charge is 0.262 e. The van der Waals surface area contributed by atoms with Gasteiger partial charge in [0.15, 0.2) is 6.61 Å². The molecule has 0 aromatic heterocycles. The van der Waals surface area contributed by atoms with E-state index in [0.29, 0.717) is 11.4 Å². The maximum absolute atomic E-state index is 12.5. The molecule has 1 aliphatic carbocycles. The van der Waals surface area contributed by atoms with Crippen molar-refractivity contribution < 1.29 is 17.9 Å². The summed E-state index contributed by atoms with van der Waals surface area (Å²) in [7, 11) is -3.54. The fraction of sp³-hybridized carbons (Fsp3) is 0.409. The predicted octanol–water partition coefficient (Wildman–Crippen LogP) is 3.88. The molecule has 3 rings (SSSR count). The van der Waals surface area contributed by atoms with E-state index in [-0.39, 0.29) is 23.5 Å². The van der Waals surface area contributed by atoms with Crippen LogP contribution in [-0.2, 0) is 21.2 Å². The number of ether oxygens (including phenoxy) is 1. The molecule has 29 heavy (non-hydrogen) atoms. The summed E-state index contributed by atoms with van der Waals surface area (Å²) >= 11 is 0. The number of amides is 1. The molecule has 2 N–H and O–H groups in total. The number of carbonyl (C=O) groups excluding carboxylic acids is 1. The Morgan fingerprint density at radius 3 is 2.28 bits per heavy atom. The second-order valence-corrected chi connectivity index (χ2v) is 9.03. The quantitative estimate of drug-likeness (QED) is 0.684. The summed E-state index contributed by atoms with van der Waals surface area (Å²) < 4.78 is 33.3. The van der Waals surface area contributed by atoms with Gasteiger partial charge >= 0.3 is 0 Å². The molecule has 7 heteroatoms. The van der Waals surface area contributed by atoms with Crippen LogP contribution in [0, 0.1) is 0 Å². The van der Waals surface area contributed by atoms with Crippen molar-refractivity contribution in [2.75, 3.05) is 11.9 Å². The minimum absolute atomic E-state index is 0.0137. The molecule has 0 heterocycles. The van der Waals surface area contributed by atoms with Crippen molar-refractivity contribution in [1.82, 2.24) is 4.72 Å². The van der Waals surface area contributed by atoms with Crippen LogP contribution in [0.15, 0.2) is 53.4 Å². The predicted molar refractivity (Wildman–Crippen MR) is 114 cm³/mol. The van der Waals surface area contributed by atoms with Crippen LogP contribution in [0.2, 0.25) is 0 Å². The molecule has 0 aliphatic heterocycles. The van der Waals surface area contributed by atoms with Crippen LogP contribution in [0.3, 0.4) is 0 Å². The van der Waals surface area contributed by atoms with Gasteiger partial charge in [0.05, 0.1) is 4.90 Å². The first kappa shape index (κ1) is 21.3. The summed E-state index contributed by atoms with van der Waals surface area (Å²) in [4.78, 5) is 12.3. The van der Waals surface area contributed by atoms with E-state index in [1.165, 1.54) is 24.1 Å². The molecule has 0 atom stereocenters. The van der Waals surface area contributed by atoms with Crippen LogP contribution < -0.4 is 14.8 Å². The number of aryl methyl sites for hydroxylation is 1. The van der Waals surface area contributed by atoms with E-state index in [1.807, 2.05) is 24.3 Å². The SMILES string of the molecule is CCc1ccc(NC(=O)COc2ccc(S(=O)(=O)NC3CCCCC3)cc2)cc1. The maximum Gasteiger partial charge on any atom is 0.262 e. The van der Waals surface area contributed by atoms with Gasteiger partial charge in [0.1, 0.15) is 5.75 Å². The third kappa shape index (κ3) is 6.30. The lowest BCUT2D eigenvalue weighted by molar-refractivity contribution is -0.118. The fourth-order valence-corrected chi connectivity index (χ4v) is 4.70. The number of sulfonamides is 1. The number of carbonyl (C=O) groups is 1. The number of hydrogen-bond donors (Lipinski definition) is 2. The summed E-state index contributed by atoms with van der Waals surface area (Å²) in [5.41, 5.74) is 1.92. The van der Waals surface area contributed by atoms with Crippen LogP contribution in [0.5, 0.6) is 5.75 Å². The molecule has 2 aromatic rings. The Bertz CT molecular complexity index is 903. The van der Waals surface area contributed by atoms with Crippen molar-refractivity contribution >= 4 is 21.6 Å². The standard InChI is InChI=1S/C22H28N2O4S/c1-2-17-8-10-18(11-9-17)23-22(25)16-28-20-12-14-21(15-13-20)29(26,27)24-19-6-4-3-5-7-19/h8-15,19,24H,2-7,16H2,1H3,(H,23,25). The van der Waals surface area contributed by atoms with Gasteiger partial charge in [-0.1, -0.05) is 38.3 Å². The lowest BCUT2D eigenvalue weighted by Gasteiger charge is -2.22. The zero-order valence-electron chi connectivity index (χ0n) is 16.7. The second kappa shape index (κ2) is 9.89. The van der Waals surface area contributed by atoms with Gasteiger partial charge < -0.3 is 10.1 Å². The normalized spacial score (nSPS) is 15.1. The van der Waals surface area contributed by atoms with Crippen LogP contribution in [0.4, 0.5) is 5.69 Å². The third-order valence-corrected chi connectivity index (χ3v) is 6.61. The van der Waals surface area contributed by atoms with E-state index in [2.05, 4.69) is 17.0 Å². The van der Waals surface area contributed by atoms with E-state index in [0.717, 1.165) is 32.1 Å². The van der Waals surface area contributed by atoms with Gasteiger partial charge in [0.2, 0.25) is 10.0 Å². The average Bonchev–Trinajstić information content (AvgIpc) is 2.73. The summed E-state index contributed by atoms with van der Waals surface area (Å²) in [5, 5.41) is 2.77. The lowest BCUT2D eigenvalue weighted by atomic mass is 9.96. The van der Waals surface area contributed by atoms with E-state index >= 15 is 0 Å². The van der Waals surface area contributed by atoms with Gasteiger partial charge in [-0.05, 0) is 61.2 Å². The number of benzene rings is 2. The van der Waals surface area contributed by atoms with Gasteiger partial charge in [-0.2, -0.15) is 0 Å². The first-order valence-corrected chi connectivity index (χ1v) is 11.6. The molecular formula is C22H28N2O4S. The molecule has 0 saturated heterocycles. The molecule has 6 nitrogen and oxygen atoms in total. The summed E-state index contributed by atoms with van der Waals surface area (Å²) in [5.74, 6) is 0.169. The van der Waals surface area contributed by atoms with Crippen molar-refractivity contribution in [1.29, 1.82) is 0 Å². The fourth-order valence-electron chi connectivity index (χ4n) is 3.39. The van der Waals surface area contributed by atoms with Crippen molar-refractivity contribution in [2.24, 2.45) is 0 Å². The van der Waals surface area contributed by atoms with Crippen molar-refractivity contribution in [2.45, 2.75) is 56.4 Å². The van der Waals surface area contributed by atoms with Gasteiger partial charge in [-0.3, -0.25) is 4.79 Å². The number of anilines is 1. The highest BCUT2D eigenvalue weighted by molar-refractivity contribution is 7.89. The molecule has 1 saturated carbocycles. The van der Waals surface area contributed by atoms with Gasteiger partial charge in [0.25, 0.3) is 5.91 Å². The molecular weight excluding hydrogens is 388 g/mol. The van der Waals surface area contributed by atoms with Gasteiger partial charge in [-0.15, -0.1) is 0 Å². The lowest BCUT2D eigenvalue weighted by Crippen LogP contribution is -2.36. The third-order valence-electron chi connectivity index (χ3n) is 5.08. The summed E-state index contributed by atoms with van der Waals surface area (Å²) in [6, 6.07) is 13.8. The molecule has 0 bridgehead atoms. The molecule has 1 aliphatic rings. The van der Waals surface area contributed by atoms with Crippen LogP contribution in [-0.4, -0.2) is 27.0 Å². The zero-order valence-corrected chi connectivity index (χ0v) is 17.5. The second-order valence-electron chi connectivity index (χ2n) is 7.31. The zero-order chi connectivity index (χ0) is 20.7. The van der Waals surface area contributed by atoms with E-state index in [4.69, 9.17) is 4.74 Å². The van der Waals surface area contributed by atoms with Crippen molar-refractivity contribution in [3.05, 3.63) is 54.1 Å². The molecule has 0 spiro atoms. The first-order valence-electron chi connectivity index (χ1n) is 10.1. The highest BCUT2D eigenvalue weighted by Crippen LogP contribution is 2.21. The first-order chi connectivity index (χ1) is 14.0. The summed E-state index contributed by atoms with van der Waals surface area (Å²) in [6.07, 6.45) is 6.00. The van der Waals surface area contributed by atoms with E-state index in [9.17, 15) is 13.2 Å². The Hall–Kier alpha value is -2.38. The average molecular weight is 417 g/mol. The molecule has 2 aromatic carbocycles. The molecule has 1 amide bonds. The van der Waals surface area contributed by atoms with Crippen LogP contribution in [0.25, 0.3) is 0 Å². The van der Waals surface area contributed by atoms with Gasteiger partial charge in [0, 0.05) is 11.7 Å². The Balaban J connectivity index is 1.51.